The monoisotopic (exact) mass is 629 g/mol. The molecule has 0 aromatic carbocycles. The van der Waals surface area contributed by atoms with Gasteiger partial charge in [0.05, 0.1) is 30.3 Å². The van der Waals surface area contributed by atoms with E-state index in [-0.39, 0.29) is 36.5 Å². The van der Waals surface area contributed by atoms with Crippen molar-refractivity contribution in [1.29, 1.82) is 5.26 Å². The standard InChI is InChI=1S/C36H47N5O5/c1-31-11-12-32(2,21-39-28(44)19-38-30(45)22-18-40-41(6)20-22)25(17-37)29(31)36(46)27(43)16-26-33(3)9-8-24(42)15-23(33)7-10-34(26,4)35(36,5)14-13-31/h8-9,16,18,20,23,25,29,46H,7,10-15,19,21H2,1-6H3,(H,38,45)(H,39,44). The summed E-state index contributed by atoms with van der Waals surface area (Å²) in [6.07, 6.45) is 13.2. The smallest absolute Gasteiger partial charge is 0.254 e. The number of amides is 2. The van der Waals surface area contributed by atoms with Crippen LogP contribution < -0.4 is 10.6 Å². The number of ketones is 2. The van der Waals surface area contributed by atoms with Crippen molar-refractivity contribution in [2.24, 2.45) is 51.9 Å². The Balaban J connectivity index is 1.30. The highest BCUT2D eigenvalue weighted by atomic mass is 16.3. The van der Waals surface area contributed by atoms with Crippen LogP contribution in [0.5, 0.6) is 0 Å². The summed E-state index contributed by atoms with van der Waals surface area (Å²) in [6.45, 7) is 10.4. The lowest BCUT2D eigenvalue weighted by Crippen LogP contribution is -2.75. The highest BCUT2D eigenvalue weighted by Gasteiger charge is 2.76. The Morgan fingerprint density at radius 1 is 1.09 bits per heavy atom. The van der Waals surface area contributed by atoms with E-state index in [1.807, 2.05) is 13.0 Å². The maximum absolute atomic E-state index is 14.6. The molecule has 0 aliphatic heterocycles. The van der Waals surface area contributed by atoms with Crippen LogP contribution in [0.2, 0.25) is 0 Å². The molecule has 6 rings (SSSR count). The molecular weight excluding hydrogens is 582 g/mol. The van der Waals surface area contributed by atoms with E-state index in [2.05, 4.69) is 49.5 Å². The second kappa shape index (κ2) is 10.5. The minimum atomic E-state index is -1.78. The molecule has 3 saturated carbocycles. The van der Waals surface area contributed by atoms with Crippen LogP contribution in [0.25, 0.3) is 0 Å². The zero-order valence-corrected chi connectivity index (χ0v) is 27.9. The molecule has 10 nitrogen and oxygen atoms in total. The Labute approximate surface area is 271 Å². The van der Waals surface area contributed by atoms with E-state index >= 15 is 0 Å². The molecule has 1 heterocycles. The molecule has 10 heteroatoms. The number of nitriles is 1. The van der Waals surface area contributed by atoms with E-state index in [4.69, 9.17) is 0 Å². The molecule has 246 valence electrons. The number of aryl methyl sites for hydroxylation is 1. The van der Waals surface area contributed by atoms with Gasteiger partial charge in [0.15, 0.2) is 11.6 Å². The predicted octanol–water partition coefficient (Wildman–Crippen LogP) is 3.82. The average molecular weight is 630 g/mol. The van der Waals surface area contributed by atoms with Crippen LogP contribution in [-0.2, 0) is 21.4 Å². The van der Waals surface area contributed by atoms with Gasteiger partial charge in [-0.2, -0.15) is 10.4 Å². The van der Waals surface area contributed by atoms with E-state index < -0.39 is 50.4 Å². The molecule has 46 heavy (non-hydrogen) atoms. The van der Waals surface area contributed by atoms with E-state index in [1.165, 1.54) is 10.9 Å². The number of rotatable bonds is 5. The SMILES string of the molecule is Cn1cc(C(=O)NCC(=O)NCC2(C)CCC3(C)CCC4(C)C5(C)CCC6CC(=O)C=CC6(C)C5=CC(=O)C4(O)C3C2C#N)cn1. The molecule has 5 aliphatic carbocycles. The molecule has 0 bridgehead atoms. The van der Waals surface area contributed by atoms with Crippen LogP contribution in [0.1, 0.15) is 89.9 Å². The van der Waals surface area contributed by atoms with E-state index in [0.29, 0.717) is 31.2 Å². The first-order valence-electron chi connectivity index (χ1n) is 16.6. The zero-order chi connectivity index (χ0) is 33.5. The lowest BCUT2D eigenvalue weighted by atomic mass is 9.32. The van der Waals surface area contributed by atoms with E-state index in [9.17, 15) is 29.5 Å². The minimum absolute atomic E-state index is 0.114. The van der Waals surface area contributed by atoms with Gasteiger partial charge < -0.3 is 15.7 Å². The zero-order valence-electron chi connectivity index (χ0n) is 27.9. The van der Waals surface area contributed by atoms with Crippen molar-refractivity contribution in [1.82, 2.24) is 20.4 Å². The maximum atomic E-state index is 14.6. The van der Waals surface area contributed by atoms with Crippen molar-refractivity contribution in [3.05, 3.63) is 41.8 Å². The van der Waals surface area contributed by atoms with Crippen molar-refractivity contribution in [3.8, 4) is 6.07 Å². The number of carbonyl (C=O) groups is 4. The van der Waals surface area contributed by atoms with Gasteiger partial charge in [-0.25, -0.2) is 0 Å². The van der Waals surface area contributed by atoms with Gasteiger partial charge in [-0.05, 0) is 73.0 Å². The first-order chi connectivity index (χ1) is 21.5. The fourth-order valence-corrected chi connectivity index (χ4v) is 10.5. The average Bonchev–Trinajstić information content (AvgIpc) is 3.46. The Kier molecular flexibility index (Phi) is 7.36. The highest BCUT2D eigenvalue weighted by Crippen LogP contribution is 2.75. The van der Waals surface area contributed by atoms with Gasteiger partial charge in [0.2, 0.25) is 5.91 Å². The number of aromatic nitrogens is 2. The largest absolute Gasteiger partial charge is 0.381 e. The van der Waals surface area contributed by atoms with Crippen molar-refractivity contribution in [3.63, 3.8) is 0 Å². The fourth-order valence-electron chi connectivity index (χ4n) is 10.5. The Hall–Kier alpha value is -3.58. The molecule has 1 aromatic rings. The number of hydrogen-bond acceptors (Lipinski definition) is 7. The first-order valence-corrected chi connectivity index (χ1v) is 16.6. The number of nitrogens with one attached hydrogen (secondary N) is 2. The normalized spacial score (nSPS) is 42.8. The van der Waals surface area contributed by atoms with Crippen molar-refractivity contribution in [2.75, 3.05) is 13.1 Å². The summed E-state index contributed by atoms with van der Waals surface area (Å²) < 4.78 is 1.51. The molecule has 0 saturated heterocycles. The first kappa shape index (κ1) is 32.4. The Morgan fingerprint density at radius 2 is 1.80 bits per heavy atom. The number of aliphatic hydroxyl groups is 1. The molecule has 3 N–H and O–H groups in total. The Morgan fingerprint density at radius 3 is 2.48 bits per heavy atom. The van der Waals surface area contributed by atoms with Gasteiger partial charge in [0.25, 0.3) is 5.91 Å². The lowest BCUT2D eigenvalue weighted by Gasteiger charge is -2.71. The number of fused-ring (bicyclic) bond motifs is 7. The van der Waals surface area contributed by atoms with Gasteiger partial charge in [0, 0.05) is 48.4 Å². The number of nitrogens with zero attached hydrogens (tertiary/aromatic N) is 3. The summed E-state index contributed by atoms with van der Waals surface area (Å²) in [6, 6.07) is 2.54. The summed E-state index contributed by atoms with van der Waals surface area (Å²) in [4.78, 5) is 52.3. The van der Waals surface area contributed by atoms with Crippen molar-refractivity contribution >= 4 is 23.4 Å². The maximum Gasteiger partial charge on any atom is 0.254 e. The Bertz CT molecular complexity index is 1620. The molecule has 0 spiro atoms. The van der Waals surface area contributed by atoms with Crippen molar-refractivity contribution in [2.45, 2.75) is 85.2 Å². The van der Waals surface area contributed by atoms with Gasteiger partial charge >= 0.3 is 0 Å². The van der Waals surface area contributed by atoms with Gasteiger partial charge in [0.1, 0.15) is 5.60 Å². The molecule has 0 radical (unpaired) electrons. The predicted molar refractivity (Wildman–Crippen MR) is 170 cm³/mol. The molecule has 5 aliphatic rings. The molecule has 1 aromatic heterocycles. The quantitative estimate of drug-likeness (QED) is 0.447. The van der Waals surface area contributed by atoms with Gasteiger partial charge in [-0.1, -0.05) is 40.7 Å². The van der Waals surface area contributed by atoms with Crippen molar-refractivity contribution < 1.29 is 24.3 Å². The third-order valence-corrected chi connectivity index (χ3v) is 13.7. The van der Waals surface area contributed by atoms with E-state index in [0.717, 1.165) is 24.8 Å². The van der Waals surface area contributed by atoms with E-state index in [1.54, 1.807) is 25.4 Å². The minimum Gasteiger partial charge on any atom is -0.381 e. The summed E-state index contributed by atoms with van der Waals surface area (Å²) >= 11 is 0. The number of hydrogen-bond donors (Lipinski definition) is 3. The summed E-state index contributed by atoms with van der Waals surface area (Å²) in [5, 5.41) is 33.5. The summed E-state index contributed by atoms with van der Waals surface area (Å²) in [5.74, 6) is -2.24. The van der Waals surface area contributed by atoms with Crippen LogP contribution in [0.4, 0.5) is 0 Å². The topological polar surface area (TPSA) is 154 Å². The number of carbonyl (C=O) groups excluding carboxylic acids is 4. The molecule has 9 unspecified atom stereocenters. The fraction of sp³-hybridized carbons (Fsp3) is 0.667. The summed E-state index contributed by atoms with van der Waals surface area (Å²) in [5.41, 5.74) is -3.36. The third-order valence-electron chi connectivity index (χ3n) is 13.7. The molecule has 9 atom stereocenters. The highest BCUT2D eigenvalue weighted by molar-refractivity contribution is 6.01. The number of allylic oxidation sites excluding steroid dienone is 3. The second-order valence-corrected chi connectivity index (χ2v) is 16.1. The summed E-state index contributed by atoms with van der Waals surface area (Å²) in [7, 11) is 1.70. The third kappa shape index (κ3) is 4.33. The van der Waals surface area contributed by atoms with Crippen LogP contribution in [0.15, 0.2) is 36.2 Å². The van der Waals surface area contributed by atoms with Gasteiger partial charge in [-0.15, -0.1) is 0 Å². The van der Waals surface area contributed by atoms with Crippen LogP contribution in [0.3, 0.4) is 0 Å². The second-order valence-electron chi connectivity index (χ2n) is 16.1. The molecule has 3 fully saturated rings. The lowest BCUT2D eigenvalue weighted by molar-refractivity contribution is -0.251. The van der Waals surface area contributed by atoms with Crippen LogP contribution in [-0.4, -0.2) is 57.0 Å². The molecule has 2 amide bonds. The van der Waals surface area contributed by atoms with Gasteiger partial charge in [-0.3, -0.25) is 23.9 Å². The van der Waals surface area contributed by atoms with Crippen LogP contribution >= 0.6 is 0 Å². The van der Waals surface area contributed by atoms with Crippen LogP contribution in [0, 0.1) is 56.2 Å². The molecular formula is C36H47N5O5.